The third kappa shape index (κ3) is 8.27. The molecule has 4 unspecified atom stereocenters. The van der Waals surface area contributed by atoms with Gasteiger partial charge in [0.15, 0.2) is 0 Å². The molecule has 0 bridgehead atoms. The van der Waals surface area contributed by atoms with Gasteiger partial charge < -0.3 is 5.73 Å². The normalized spacial score (nSPS) is 31.5. The molecule has 0 saturated heterocycles. The molecule has 0 spiro atoms. The zero-order valence-electron chi connectivity index (χ0n) is 23.4. The van der Waals surface area contributed by atoms with E-state index in [-0.39, 0.29) is 0 Å². The summed E-state index contributed by atoms with van der Waals surface area (Å²) in [5.74, 6) is 3.30. The van der Waals surface area contributed by atoms with Crippen molar-refractivity contribution in [3.8, 4) is 0 Å². The average Bonchev–Trinajstić information content (AvgIpc) is 3.15. The molecule has 0 aromatic carbocycles. The minimum Gasteiger partial charge on any atom is -0.333 e. The summed E-state index contributed by atoms with van der Waals surface area (Å²) in [6, 6.07) is 0. The Kier molecular flexibility index (Phi) is 13.6. The summed E-state index contributed by atoms with van der Waals surface area (Å²) < 4.78 is 0. The van der Waals surface area contributed by atoms with Gasteiger partial charge in [0.1, 0.15) is 0 Å². The Labute approximate surface area is 208 Å². The molecule has 2 N–H and O–H groups in total. The molecule has 3 fully saturated rings. The van der Waals surface area contributed by atoms with E-state index >= 15 is 0 Å². The van der Waals surface area contributed by atoms with Crippen LogP contribution in [0, 0.1) is 29.1 Å². The van der Waals surface area contributed by atoms with Crippen LogP contribution in [-0.4, -0.2) is 7.05 Å². The summed E-state index contributed by atoms with van der Waals surface area (Å²) in [4.78, 5) is 0. The van der Waals surface area contributed by atoms with Crippen molar-refractivity contribution in [3.05, 3.63) is 47.6 Å². The van der Waals surface area contributed by atoms with E-state index in [2.05, 4.69) is 58.7 Å². The van der Waals surface area contributed by atoms with Gasteiger partial charge in [-0.15, -0.1) is 0 Å². The number of fused-ring (bicyclic) bond motifs is 1. The summed E-state index contributed by atoms with van der Waals surface area (Å²) >= 11 is 0. The second kappa shape index (κ2) is 15.0. The van der Waals surface area contributed by atoms with E-state index in [4.69, 9.17) is 0 Å². The SMILES string of the molecule is C=C1CCC(C(=C)C)C/C1=C\C=C1/CCCC2(C)C(CCCCC(C)C)CCC12.CC.CN. The van der Waals surface area contributed by atoms with Crippen LogP contribution in [-0.2, 0) is 0 Å². The molecule has 3 aliphatic carbocycles. The van der Waals surface area contributed by atoms with Gasteiger partial charge in [-0.25, -0.2) is 0 Å². The standard InChI is InChI=1S/C29H46.C2H6.CH5N/c1-21(2)10-7-8-12-27-17-18-28-24(11-9-19-29(27,28)6)15-16-26-20-25(22(3)4)14-13-23(26)5;2*1-2/h15-16,21,25,27-28H,3,5,7-14,17-20H2,1-2,4,6H3;1-2H3;2H2,1H3/b24-15+,26-16+;;. The fourth-order valence-corrected chi connectivity index (χ4v) is 6.60. The van der Waals surface area contributed by atoms with Crippen LogP contribution in [0.15, 0.2) is 47.6 Å². The van der Waals surface area contributed by atoms with E-state index in [1.54, 1.807) is 5.57 Å². The maximum atomic E-state index is 4.50. The van der Waals surface area contributed by atoms with Crippen LogP contribution in [0.1, 0.15) is 119 Å². The van der Waals surface area contributed by atoms with E-state index in [1.807, 2.05) is 13.8 Å². The molecule has 0 radical (unpaired) electrons. The second-order valence-corrected chi connectivity index (χ2v) is 11.2. The predicted octanol–water partition coefficient (Wildman–Crippen LogP) is 9.81. The molecule has 4 atom stereocenters. The molecule has 3 saturated carbocycles. The summed E-state index contributed by atoms with van der Waals surface area (Å²) in [5, 5.41) is 0. The minimum atomic E-state index is 0.560. The van der Waals surface area contributed by atoms with Crippen LogP contribution in [0.4, 0.5) is 0 Å². The van der Waals surface area contributed by atoms with Crippen molar-refractivity contribution in [3.63, 3.8) is 0 Å². The smallest absolute Gasteiger partial charge is 0.0143 e. The zero-order chi connectivity index (χ0) is 25.0. The first kappa shape index (κ1) is 30.0. The Morgan fingerprint density at radius 2 is 1.79 bits per heavy atom. The molecule has 0 aromatic heterocycles. The average molecular weight is 456 g/mol. The van der Waals surface area contributed by atoms with Crippen LogP contribution < -0.4 is 5.73 Å². The number of rotatable bonds is 7. The van der Waals surface area contributed by atoms with E-state index in [0.717, 1.165) is 30.6 Å². The van der Waals surface area contributed by atoms with E-state index in [9.17, 15) is 0 Å². The van der Waals surface area contributed by atoms with Crippen LogP contribution >= 0.6 is 0 Å². The quantitative estimate of drug-likeness (QED) is 0.300. The number of unbranched alkanes of at least 4 members (excludes halogenated alkanes) is 1. The van der Waals surface area contributed by atoms with Crippen LogP contribution in [0.2, 0.25) is 0 Å². The molecule has 190 valence electrons. The fraction of sp³-hybridized carbons (Fsp3) is 0.750. The first-order chi connectivity index (χ1) is 15.8. The fourth-order valence-electron chi connectivity index (χ4n) is 6.60. The van der Waals surface area contributed by atoms with Crippen LogP contribution in [0.3, 0.4) is 0 Å². The van der Waals surface area contributed by atoms with Crippen molar-refractivity contribution in [1.82, 2.24) is 0 Å². The number of hydrogen-bond acceptors (Lipinski definition) is 1. The highest BCUT2D eigenvalue weighted by Crippen LogP contribution is 2.58. The van der Waals surface area contributed by atoms with Crippen LogP contribution in [0.5, 0.6) is 0 Å². The Hall–Kier alpha value is -1.08. The first-order valence-electron chi connectivity index (χ1n) is 14.1. The van der Waals surface area contributed by atoms with Gasteiger partial charge in [-0.3, -0.25) is 0 Å². The van der Waals surface area contributed by atoms with Gasteiger partial charge in [-0.1, -0.05) is 95.9 Å². The molecule has 1 nitrogen and oxygen atoms in total. The Balaban J connectivity index is 0.00000129. The Morgan fingerprint density at radius 3 is 2.42 bits per heavy atom. The predicted molar refractivity (Wildman–Crippen MR) is 150 cm³/mol. The molecule has 0 aromatic rings. The molecular formula is C32H57N. The Bertz CT molecular complexity index is 664. The second-order valence-electron chi connectivity index (χ2n) is 11.2. The van der Waals surface area contributed by atoms with Crippen molar-refractivity contribution >= 4 is 0 Å². The summed E-state index contributed by atoms with van der Waals surface area (Å²) in [6.45, 7) is 22.1. The van der Waals surface area contributed by atoms with Crippen molar-refractivity contribution in [2.45, 2.75) is 119 Å². The van der Waals surface area contributed by atoms with E-state index in [1.165, 1.54) is 88.0 Å². The Morgan fingerprint density at radius 1 is 1.09 bits per heavy atom. The highest BCUT2D eigenvalue weighted by Gasteiger charge is 2.48. The lowest BCUT2D eigenvalue weighted by Crippen LogP contribution is -2.33. The van der Waals surface area contributed by atoms with Gasteiger partial charge in [0, 0.05) is 0 Å². The molecule has 0 amide bonds. The van der Waals surface area contributed by atoms with Gasteiger partial charge in [0.25, 0.3) is 0 Å². The highest BCUT2D eigenvalue weighted by molar-refractivity contribution is 5.37. The molecule has 3 rings (SSSR count). The van der Waals surface area contributed by atoms with Gasteiger partial charge >= 0.3 is 0 Å². The third-order valence-electron chi connectivity index (χ3n) is 8.66. The van der Waals surface area contributed by atoms with E-state index < -0.39 is 0 Å². The monoisotopic (exact) mass is 455 g/mol. The lowest BCUT2D eigenvalue weighted by molar-refractivity contribution is 0.127. The largest absolute Gasteiger partial charge is 0.333 e. The summed E-state index contributed by atoms with van der Waals surface area (Å²) in [7, 11) is 1.50. The first-order valence-corrected chi connectivity index (χ1v) is 14.1. The summed E-state index contributed by atoms with van der Waals surface area (Å²) in [6.07, 6.45) is 21.3. The number of hydrogen-bond donors (Lipinski definition) is 1. The molecule has 0 aliphatic heterocycles. The number of allylic oxidation sites excluding steroid dienone is 6. The van der Waals surface area contributed by atoms with Gasteiger partial charge in [0.05, 0.1) is 0 Å². The minimum absolute atomic E-state index is 0.560. The highest BCUT2D eigenvalue weighted by atomic mass is 14.5. The topological polar surface area (TPSA) is 26.0 Å². The molecular weight excluding hydrogens is 398 g/mol. The molecule has 1 heteroatoms. The third-order valence-corrected chi connectivity index (χ3v) is 8.66. The van der Waals surface area contributed by atoms with Crippen LogP contribution in [0.25, 0.3) is 0 Å². The maximum Gasteiger partial charge on any atom is -0.0143 e. The lowest BCUT2D eigenvalue weighted by Gasteiger charge is -2.42. The van der Waals surface area contributed by atoms with Crippen molar-refractivity contribution in [2.24, 2.45) is 34.8 Å². The summed E-state index contributed by atoms with van der Waals surface area (Å²) in [5.41, 5.74) is 11.0. The molecule has 0 heterocycles. The number of nitrogens with two attached hydrogens (primary N) is 1. The maximum absolute atomic E-state index is 4.50. The zero-order valence-corrected chi connectivity index (χ0v) is 23.4. The van der Waals surface area contributed by atoms with Gasteiger partial charge in [-0.2, -0.15) is 0 Å². The molecule has 33 heavy (non-hydrogen) atoms. The van der Waals surface area contributed by atoms with E-state index in [0.29, 0.717) is 11.3 Å². The molecule has 3 aliphatic rings. The lowest BCUT2D eigenvalue weighted by atomic mass is 9.62. The van der Waals surface area contributed by atoms with Crippen molar-refractivity contribution in [1.29, 1.82) is 0 Å². The van der Waals surface area contributed by atoms with Gasteiger partial charge in [0.2, 0.25) is 0 Å². The van der Waals surface area contributed by atoms with Gasteiger partial charge in [-0.05, 0) is 106 Å². The van der Waals surface area contributed by atoms with Crippen molar-refractivity contribution < 1.29 is 0 Å². The van der Waals surface area contributed by atoms with Crippen molar-refractivity contribution in [2.75, 3.05) is 7.05 Å².